The standard InChI is InChI=1S/C19H22N8/c1-12(2)27-11-14(10-22-27)24-19-25-17-15(7-9-21-17)18(26-19)23-13(3)16-6-4-5-8-20-16/h4-13H,1-3H3,(H3,21,23,24,25,26)/t13-/m0/s1. The smallest absolute Gasteiger partial charge is 0.231 e. The summed E-state index contributed by atoms with van der Waals surface area (Å²) in [5, 5.41) is 11.9. The highest BCUT2D eigenvalue weighted by molar-refractivity contribution is 5.88. The van der Waals surface area contributed by atoms with Gasteiger partial charge in [-0.25, -0.2) is 0 Å². The Labute approximate surface area is 157 Å². The lowest BCUT2D eigenvalue weighted by Crippen LogP contribution is -2.11. The molecule has 0 saturated carbocycles. The van der Waals surface area contributed by atoms with E-state index in [0.29, 0.717) is 12.0 Å². The normalized spacial score (nSPS) is 12.4. The quantitative estimate of drug-likeness (QED) is 0.479. The van der Waals surface area contributed by atoms with Gasteiger partial charge in [-0.3, -0.25) is 9.67 Å². The first-order valence-electron chi connectivity index (χ1n) is 8.94. The van der Waals surface area contributed by atoms with Crippen LogP contribution in [0.2, 0.25) is 0 Å². The number of H-pyrrole nitrogens is 1. The van der Waals surface area contributed by atoms with E-state index < -0.39 is 0 Å². The summed E-state index contributed by atoms with van der Waals surface area (Å²) in [5.41, 5.74) is 2.56. The van der Waals surface area contributed by atoms with Gasteiger partial charge in [0.15, 0.2) is 0 Å². The van der Waals surface area contributed by atoms with Crippen molar-refractivity contribution < 1.29 is 0 Å². The number of pyridine rings is 1. The van der Waals surface area contributed by atoms with Crippen molar-refractivity contribution in [3.63, 3.8) is 0 Å². The van der Waals surface area contributed by atoms with E-state index in [1.54, 1.807) is 12.4 Å². The SMILES string of the molecule is CC(C)n1cc(Nc2nc(N[C@@H](C)c3ccccn3)c3cc[nH]c3n2)cn1. The molecule has 0 amide bonds. The molecule has 27 heavy (non-hydrogen) atoms. The molecule has 4 aromatic rings. The van der Waals surface area contributed by atoms with Gasteiger partial charge in [-0.1, -0.05) is 6.07 Å². The summed E-state index contributed by atoms with van der Waals surface area (Å²) in [6.07, 6.45) is 7.36. The van der Waals surface area contributed by atoms with Crippen LogP contribution in [0.25, 0.3) is 11.0 Å². The largest absolute Gasteiger partial charge is 0.361 e. The molecule has 0 aliphatic rings. The fourth-order valence-corrected chi connectivity index (χ4v) is 2.83. The Morgan fingerprint density at radius 2 is 2.00 bits per heavy atom. The first kappa shape index (κ1) is 17.0. The molecule has 0 spiro atoms. The Morgan fingerprint density at radius 3 is 2.74 bits per heavy atom. The van der Waals surface area contributed by atoms with Crippen LogP contribution < -0.4 is 10.6 Å². The molecule has 138 valence electrons. The second-order valence-electron chi connectivity index (χ2n) is 6.68. The zero-order valence-corrected chi connectivity index (χ0v) is 15.5. The second kappa shape index (κ2) is 7.06. The third kappa shape index (κ3) is 3.59. The van der Waals surface area contributed by atoms with Crippen LogP contribution in [-0.4, -0.2) is 29.7 Å². The number of fused-ring (bicyclic) bond motifs is 1. The molecule has 0 saturated heterocycles. The van der Waals surface area contributed by atoms with Gasteiger partial charge in [0.25, 0.3) is 0 Å². The number of anilines is 3. The maximum absolute atomic E-state index is 4.67. The van der Waals surface area contributed by atoms with Crippen LogP contribution in [0.5, 0.6) is 0 Å². The van der Waals surface area contributed by atoms with Crippen LogP contribution in [0.3, 0.4) is 0 Å². The van der Waals surface area contributed by atoms with E-state index in [2.05, 4.69) is 56.4 Å². The van der Waals surface area contributed by atoms with E-state index in [1.807, 2.05) is 41.3 Å². The van der Waals surface area contributed by atoms with Gasteiger partial charge < -0.3 is 15.6 Å². The predicted molar refractivity (Wildman–Crippen MR) is 106 cm³/mol. The molecule has 0 unspecified atom stereocenters. The van der Waals surface area contributed by atoms with E-state index in [1.165, 1.54) is 0 Å². The molecular weight excluding hydrogens is 340 g/mol. The number of nitrogens with one attached hydrogen (secondary N) is 3. The summed E-state index contributed by atoms with van der Waals surface area (Å²) in [7, 11) is 0. The maximum Gasteiger partial charge on any atom is 0.231 e. The first-order chi connectivity index (χ1) is 13.1. The van der Waals surface area contributed by atoms with Gasteiger partial charge in [0.2, 0.25) is 5.95 Å². The molecule has 4 rings (SSSR count). The molecular formula is C19H22N8. The zero-order valence-electron chi connectivity index (χ0n) is 15.5. The number of aromatic amines is 1. The predicted octanol–water partition coefficient (Wildman–Crippen LogP) is 4.05. The lowest BCUT2D eigenvalue weighted by molar-refractivity contribution is 0.532. The van der Waals surface area contributed by atoms with Crippen LogP contribution in [-0.2, 0) is 0 Å². The number of aromatic nitrogens is 6. The van der Waals surface area contributed by atoms with Crippen molar-refractivity contribution >= 4 is 28.5 Å². The average Bonchev–Trinajstić information content (AvgIpc) is 3.32. The van der Waals surface area contributed by atoms with E-state index in [-0.39, 0.29) is 6.04 Å². The topological polar surface area (TPSA) is 96.3 Å². The van der Waals surface area contributed by atoms with Crippen molar-refractivity contribution in [1.29, 1.82) is 0 Å². The van der Waals surface area contributed by atoms with Crippen LogP contribution in [0.1, 0.15) is 38.5 Å². The Bertz CT molecular complexity index is 1030. The van der Waals surface area contributed by atoms with Gasteiger partial charge in [-0.2, -0.15) is 15.1 Å². The van der Waals surface area contributed by atoms with Crippen molar-refractivity contribution in [3.8, 4) is 0 Å². The van der Waals surface area contributed by atoms with Gasteiger partial charge in [0, 0.05) is 24.6 Å². The number of hydrogen-bond acceptors (Lipinski definition) is 6. The van der Waals surface area contributed by atoms with E-state index in [9.17, 15) is 0 Å². The molecule has 0 fully saturated rings. The Kier molecular flexibility index (Phi) is 4.45. The Hall–Kier alpha value is -3.42. The van der Waals surface area contributed by atoms with Crippen LogP contribution in [0, 0.1) is 0 Å². The molecule has 4 heterocycles. The highest BCUT2D eigenvalue weighted by atomic mass is 15.3. The van der Waals surface area contributed by atoms with E-state index in [4.69, 9.17) is 0 Å². The molecule has 8 nitrogen and oxygen atoms in total. The molecule has 4 aromatic heterocycles. The average molecular weight is 362 g/mol. The lowest BCUT2D eigenvalue weighted by atomic mass is 10.2. The monoisotopic (exact) mass is 362 g/mol. The van der Waals surface area contributed by atoms with Crippen LogP contribution in [0.15, 0.2) is 49.1 Å². The minimum absolute atomic E-state index is 0.00995. The van der Waals surface area contributed by atoms with Crippen LogP contribution in [0.4, 0.5) is 17.5 Å². The summed E-state index contributed by atoms with van der Waals surface area (Å²) in [6.45, 7) is 6.22. The fraction of sp³-hybridized carbons (Fsp3) is 0.263. The molecule has 0 aliphatic carbocycles. The molecule has 0 bridgehead atoms. The first-order valence-corrected chi connectivity index (χ1v) is 8.94. The maximum atomic E-state index is 4.67. The molecule has 3 N–H and O–H groups in total. The van der Waals surface area contributed by atoms with E-state index in [0.717, 1.165) is 28.2 Å². The summed E-state index contributed by atoms with van der Waals surface area (Å²) >= 11 is 0. The zero-order chi connectivity index (χ0) is 18.8. The van der Waals surface area contributed by atoms with Gasteiger partial charge in [0.05, 0.1) is 29.0 Å². The van der Waals surface area contributed by atoms with Gasteiger partial charge in [-0.15, -0.1) is 0 Å². The van der Waals surface area contributed by atoms with Gasteiger partial charge in [0.1, 0.15) is 11.5 Å². The fourth-order valence-electron chi connectivity index (χ4n) is 2.83. The third-order valence-electron chi connectivity index (χ3n) is 4.29. The minimum atomic E-state index is 0.00995. The lowest BCUT2D eigenvalue weighted by Gasteiger charge is -2.15. The van der Waals surface area contributed by atoms with Crippen LogP contribution >= 0.6 is 0 Å². The molecule has 1 atom stereocenters. The Morgan fingerprint density at radius 1 is 1.11 bits per heavy atom. The highest BCUT2D eigenvalue weighted by Crippen LogP contribution is 2.26. The van der Waals surface area contributed by atoms with Crippen molar-refractivity contribution in [2.75, 3.05) is 10.6 Å². The number of nitrogens with zero attached hydrogens (tertiary/aromatic N) is 5. The minimum Gasteiger partial charge on any atom is -0.361 e. The van der Waals surface area contributed by atoms with Gasteiger partial charge >= 0.3 is 0 Å². The second-order valence-corrected chi connectivity index (χ2v) is 6.68. The summed E-state index contributed by atoms with van der Waals surface area (Å²) in [4.78, 5) is 16.8. The molecule has 0 radical (unpaired) electrons. The summed E-state index contributed by atoms with van der Waals surface area (Å²) < 4.78 is 1.89. The molecule has 0 aromatic carbocycles. The molecule has 0 aliphatic heterocycles. The van der Waals surface area contributed by atoms with E-state index >= 15 is 0 Å². The van der Waals surface area contributed by atoms with Crippen molar-refractivity contribution in [2.45, 2.75) is 32.9 Å². The highest BCUT2D eigenvalue weighted by Gasteiger charge is 2.13. The number of hydrogen-bond donors (Lipinski definition) is 3. The molecule has 8 heteroatoms. The van der Waals surface area contributed by atoms with Crippen molar-refractivity contribution in [2.24, 2.45) is 0 Å². The van der Waals surface area contributed by atoms with Gasteiger partial charge in [-0.05, 0) is 39.0 Å². The van der Waals surface area contributed by atoms with Crippen molar-refractivity contribution in [3.05, 3.63) is 54.7 Å². The Balaban J connectivity index is 1.63. The van der Waals surface area contributed by atoms with Crippen molar-refractivity contribution in [1.82, 2.24) is 29.7 Å². The third-order valence-corrected chi connectivity index (χ3v) is 4.29. The number of rotatable bonds is 6. The summed E-state index contributed by atoms with van der Waals surface area (Å²) in [6, 6.07) is 8.14. The summed E-state index contributed by atoms with van der Waals surface area (Å²) in [5.74, 6) is 1.25.